The van der Waals surface area contributed by atoms with Gasteiger partial charge in [-0.25, -0.2) is 4.39 Å². The van der Waals surface area contributed by atoms with Crippen molar-refractivity contribution in [2.75, 3.05) is 39.3 Å². The SMILES string of the molecule is NC(=O)C1CCN(CC(=O)N2CCO[C@H](c3ccc(F)cc3)C2)CC1. The highest BCUT2D eigenvalue weighted by Gasteiger charge is 2.28. The average Bonchev–Trinajstić information content (AvgIpc) is 2.63. The van der Waals surface area contributed by atoms with Crippen LogP contribution in [-0.4, -0.2) is 60.9 Å². The highest BCUT2D eigenvalue weighted by molar-refractivity contribution is 5.79. The van der Waals surface area contributed by atoms with Gasteiger partial charge in [0, 0.05) is 12.5 Å². The summed E-state index contributed by atoms with van der Waals surface area (Å²) in [7, 11) is 0. The predicted molar refractivity (Wildman–Crippen MR) is 90.0 cm³/mol. The van der Waals surface area contributed by atoms with Crippen LogP contribution in [0.2, 0.25) is 0 Å². The van der Waals surface area contributed by atoms with Crippen molar-refractivity contribution in [3.63, 3.8) is 0 Å². The van der Waals surface area contributed by atoms with Gasteiger partial charge in [0.2, 0.25) is 11.8 Å². The Morgan fingerprint density at radius 3 is 2.48 bits per heavy atom. The van der Waals surface area contributed by atoms with E-state index in [1.807, 2.05) is 0 Å². The number of piperidine rings is 1. The van der Waals surface area contributed by atoms with Crippen LogP contribution in [-0.2, 0) is 14.3 Å². The fourth-order valence-corrected chi connectivity index (χ4v) is 3.42. The number of hydrogen-bond acceptors (Lipinski definition) is 4. The molecule has 136 valence electrons. The molecule has 0 aliphatic carbocycles. The smallest absolute Gasteiger partial charge is 0.236 e. The normalized spacial score (nSPS) is 22.8. The maximum Gasteiger partial charge on any atom is 0.236 e. The summed E-state index contributed by atoms with van der Waals surface area (Å²) in [5, 5.41) is 0. The number of nitrogens with zero attached hydrogens (tertiary/aromatic N) is 2. The Bertz CT molecular complexity index is 614. The summed E-state index contributed by atoms with van der Waals surface area (Å²) in [5.41, 5.74) is 6.22. The highest BCUT2D eigenvalue weighted by Crippen LogP contribution is 2.23. The number of hydrogen-bond donors (Lipinski definition) is 1. The molecule has 3 rings (SSSR count). The number of halogens is 1. The van der Waals surface area contributed by atoms with Crippen molar-refractivity contribution >= 4 is 11.8 Å². The number of ether oxygens (including phenoxy) is 1. The molecule has 1 aromatic rings. The molecular formula is C18H24FN3O3. The zero-order valence-electron chi connectivity index (χ0n) is 14.2. The molecule has 2 aliphatic heterocycles. The lowest BCUT2D eigenvalue weighted by Crippen LogP contribution is -2.48. The summed E-state index contributed by atoms with van der Waals surface area (Å²) < 4.78 is 18.8. The van der Waals surface area contributed by atoms with Gasteiger partial charge in [-0.1, -0.05) is 12.1 Å². The summed E-state index contributed by atoms with van der Waals surface area (Å²) >= 11 is 0. The van der Waals surface area contributed by atoms with Crippen molar-refractivity contribution in [2.45, 2.75) is 18.9 Å². The first kappa shape index (κ1) is 17.8. The Kier molecular flexibility index (Phi) is 5.65. The molecule has 25 heavy (non-hydrogen) atoms. The van der Waals surface area contributed by atoms with Crippen molar-refractivity contribution in [1.29, 1.82) is 0 Å². The molecule has 2 heterocycles. The second-order valence-electron chi connectivity index (χ2n) is 6.70. The minimum Gasteiger partial charge on any atom is -0.370 e. The van der Waals surface area contributed by atoms with E-state index in [2.05, 4.69) is 4.90 Å². The van der Waals surface area contributed by atoms with Crippen LogP contribution in [0, 0.1) is 11.7 Å². The third-order valence-corrected chi connectivity index (χ3v) is 5.01. The summed E-state index contributed by atoms with van der Waals surface area (Å²) in [6.45, 7) is 3.28. The molecule has 6 nitrogen and oxygen atoms in total. The second kappa shape index (κ2) is 7.93. The maximum atomic E-state index is 13.1. The molecule has 0 unspecified atom stereocenters. The van der Waals surface area contributed by atoms with Crippen LogP contribution in [0.25, 0.3) is 0 Å². The number of rotatable bonds is 4. The van der Waals surface area contributed by atoms with Crippen molar-refractivity contribution in [2.24, 2.45) is 11.7 Å². The molecule has 0 aromatic heterocycles. The number of likely N-dealkylation sites (tertiary alicyclic amines) is 1. The molecule has 2 saturated heterocycles. The number of primary amides is 1. The number of benzene rings is 1. The van der Waals surface area contributed by atoms with Gasteiger partial charge in [0.1, 0.15) is 11.9 Å². The number of nitrogens with two attached hydrogens (primary N) is 1. The molecule has 0 radical (unpaired) electrons. The van der Waals surface area contributed by atoms with E-state index in [0.717, 1.165) is 5.56 Å². The fraction of sp³-hybridized carbons (Fsp3) is 0.556. The molecule has 2 amide bonds. The Balaban J connectivity index is 1.52. The van der Waals surface area contributed by atoms with E-state index in [0.29, 0.717) is 52.2 Å². The Hall–Kier alpha value is -1.99. The van der Waals surface area contributed by atoms with Crippen LogP contribution in [0.5, 0.6) is 0 Å². The van der Waals surface area contributed by atoms with E-state index >= 15 is 0 Å². The number of morpholine rings is 1. The van der Waals surface area contributed by atoms with Gasteiger partial charge < -0.3 is 15.4 Å². The Morgan fingerprint density at radius 2 is 1.84 bits per heavy atom. The minimum atomic E-state index is -0.285. The zero-order chi connectivity index (χ0) is 17.8. The molecule has 0 bridgehead atoms. The number of carbonyl (C=O) groups excluding carboxylic acids is 2. The van der Waals surface area contributed by atoms with Crippen molar-refractivity contribution < 1.29 is 18.7 Å². The summed E-state index contributed by atoms with van der Waals surface area (Å²) in [5.74, 6) is -0.543. The van der Waals surface area contributed by atoms with Crippen LogP contribution >= 0.6 is 0 Å². The number of carbonyl (C=O) groups is 2. The van der Waals surface area contributed by atoms with Crippen molar-refractivity contribution in [3.8, 4) is 0 Å². The highest BCUT2D eigenvalue weighted by atomic mass is 19.1. The minimum absolute atomic E-state index is 0.0629. The van der Waals surface area contributed by atoms with Crippen molar-refractivity contribution in [3.05, 3.63) is 35.6 Å². The lowest BCUT2D eigenvalue weighted by atomic mass is 9.96. The standard InChI is InChI=1S/C18H24FN3O3/c19-15-3-1-13(2-4-15)16-11-22(9-10-25-16)17(23)12-21-7-5-14(6-8-21)18(20)24/h1-4,14,16H,5-12H2,(H2,20,24)/t16-/m0/s1. The summed E-state index contributed by atoms with van der Waals surface area (Å²) in [4.78, 5) is 27.7. The topological polar surface area (TPSA) is 75.9 Å². The van der Waals surface area contributed by atoms with Gasteiger partial charge in [-0.05, 0) is 43.6 Å². The van der Waals surface area contributed by atoms with E-state index in [1.54, 1.807) is 17.0 Å². The van der Waals surface area contributed by atoms with Gasteiger partial charge in [-0.15, -0.1) is 0 Å². The first-order chi connectivity index (χ1) is 12.0. The lowest BCUT2D eigenvalue weighted by molar-refractivity contribution is -0.140. The molecule has 2 N–H and O–H groups in total. The largest absolute Gasteiger partial charge is 0.370 e. The van der Waals surface area contributed by atoms with Gasteiger partial charge in [-0.2, -0.15) is 0 Å². The molecule has 0 saturated carbocycles. The molecule has 2 fully saturated rings. The van der Waals surface area contributed by atoms with E-state index in [9.17, 15) is 14.0 Å². The van der Waals surface area contributed by atoms with Gasteiger partial charge >= 0.3 is 0 Å². The third kappa shape index (κ3) is 4.55. The Labute approximate surface area is 146 Å². The predicted octanol–water partition coefficient (Wildman–Crippen LogP) is 0.923. The molecule has 1 aromatic carbocycles. The second-order valence-corrected chi connectivity index (χ2v) is 6.70. The summed E-state index contributed by atoms with van der Waals surface area (Å²) in [6, 6.07) is 6.20. The van der Waals surface area contributed by atoms with Crippen LogP contribution in [0.3, 0.4) is 0 Å². The van der Waals surface area contributed by atoms with Crippen LogP contribution in [0.4, 0.5) is 4.39 Å². The third-order valence-electron chi connectivity index (χ3n) is 5.01. The quantitative estimate of drug-likeness (QED) is 0.877. The van der Waals surface area contributed by atoms with Crippen LogP contribution < -0.4 is 5.73 Å². The van der Waals surface area contributed by atoms with Crippen LogP contribution in [0.1, 0.15) is 24.5 Å². The lowest BCUT2D eigenvalue weighted by Gasteiger charge is -2.36. The molecule has 0 spiro atoms. The maximum absolute atomic E-state index is 13.1. The first-order valence-electron chi connectivity index (χ1n) is 8.69. The fourth-order valence-electron chi connectivity index (χ4n) is 3.42. The first-order valence-corrected chi connectivity index (χ1v) is 8.69. The van der Waals surface area contributed by atoms with Gasteiger partial charge in [-0.3, -0.25) is 14.5 Å². The van der Waals surface area contributed by atoms with Gasteiger partial charge in [0.15, 0.2) is 0 Å². The Morgan fingerprint density at radius 1 is 1.16 bits per heavy atom. The van der Waals surface area contributed by atoms with E-state index in [1.165, 1.54) is 12.1 Å². The molecule has 7 heteroatoms. The van der Waals surface area contributed by atoms with E-state index < -0.39 is 0 Å². The zero-order valence-corrected chi connectivity index (χ0v) is 14.2. The monoisotopic (exact) mass is 349 g/mol. The van der Waals surface area contributed by atoms with E-state index in [4.69, 9.17) is 10.5 Å². The van der Waals surface area contributed by atoms with Gasteiger partial charge in [0.05, 0.1) is 19.7 Å². The summed E-state index contributed by atoms with van der Waals surface area (Å²) in [6.07, 6.45) is 1.20. The van der Waals surface area contributed by atoms with Crippen LogP contribution in [0.15, 0.2) is 24.3 Å². The van der Waals surface area contributed by atoms with E-state index in [-0.39, 0.29) is 29.7 Å². The molecule has 2 aliphatic rings. The van der Waals surface area contributed by atoms with Crippen molar-refractivity contribution in [1.82, 2.24) is 9.80 Å². The molecular weight excluding hydrogens is 325 g/mol. The number of amides is 2. The molecule has 1 atom stereocenters. The average molecular weight is 349 g/mol. The van der Waals surface area contributed by atoms with Gasteiger partial charge in [0.25, 0.3) is 0 Å².